The quantitative estimate of drug-likeness (QED) is 0.557. The summed E-state index contributed by atoms with van der Waals surface area (Å²) in [4.78, 5) is 0. The van der Waals surface area contributed by atoms with Crippen LogP contribution in [-0.4, -0.2) is 5.11 Å². The third-order valence-electron chi connectivity index (χ3n) is 3.11. The highest BCUT2D eigenvalue weighted by Gasteiger charge is 2.16. The van der Waals surface area contributed by atoms with Crippen molar-refractivity contribution in [2.24, 2.45) is 5.92 Å². The molecule has 0 radical (unpaired) electrons. The predicted octanol–water partition coefficient (Wildman–Crippen LogP) is 2.71. The summed E-state index contributed by atoms with van der Waals surface area (Å²) in [6.07, 6.45) is 6.36. The smallest absolute Gasteiger partial charge is 0.116 e. The molecule has 2 heteroatoms. The lowest BCUT2D eigenvalue weighted by Gasteiger charge is -2.11. The van der Waals surface area contributed by atoms with E-state index in [2.05, 4.69) is 0 Å². The van der Waals surface area contributed by atoms with Crippen molar-refractivity contribution < 1.29 is 5.11 Å². The normalized spacial score (nSPS) is 17.4. The fourth-order valence-corrected chi connectivity index (χ4v) is 2.29. The molecule has 0 aliphatic heterocycles. The maximum atomic E-state index is 9.36. The van der Waals surface area contributed by atoms with E-state index in [1.807, 2.05) is 0 Å². The topological polar surface area (TPSA) is 46.2 Å². The Bertz CT molecular complexity index is 316. The molecular formula is C12H17NO. The van der Waals surface area contributed by atoms with Gasteiger partial charge in [0.05, 0.1) is 0 Å². The highest BCUT2D eigenvalue weighted by molar-refractivity contribution is 5.50. The van der Waals surface area contributed by atoms with Crippen molar-refractivity contribution in [2.45, 2.75) is 32.1 Å². The van der Waals surface area contributed by atoms with Gasteiger partial charge in [0.2, 0.25) is 0 Å². The minimum Gasteiger partial charge on any atom is -0.508 e. The van der Waals surface area contributed by atoms with E-state index in [1.165, 1.54) is 25.7 Å². The van der Waals surface area contributed by atoms with Crippen LogP contribution in [0.1, 0.15) is 31.2 Å². The lowest BCUT2D eigenvalue weighted by Crippen LogP contribution is -2.02. The average molecular weight is 191 g/mol. The Kier molecular flexibility index (Phi) is 2.62. The summed E-state index contributed by atoms with van der Waals surface area (Å²) < 4.78 is 0. The van der Waals surface area contributed by atoms with Gasteiger partial charge in [-0.1, -0.05) is 25.7 Å². The number of nitrogens with two attached hydrogens (primary N) is 1. The second-order valence-electron chi connectivity index (χ2n) is 4.24. The fraction of sp³-hybridized carbons (Fsp3) is 0.500. The minimum atomic E-state index is 0.326. The van der Waals surface area contributed by atoms with Crippen LogP contribution in [0.2, 0.25) is 0 Å². The van der Waals surface area contributed by atoms with Crippen LogP contribution in [0.4, 0.5) is 5.69 Å². The van der Waals surface area contributed by atoms with Gasteiger partial charge in [-0.05, 0) is 36.1 Å². The van der Waals surface area contributed by atoms with Crippen molar-refractivity contribution >= 4 is 5.69 Å². The van der Waals surface area contributed by atoms with E-state index in [0.29, 0.717) is 5.75 Å². The maximum Gasteiger partial charge on any atom is 0.116 e. The molecule has 3 N–H and O–H groups in total. The molecule has 0 spiro atoms. The van der Waals surface area contributed by atoms with Gasteiger partial charge in [0, 0.05) is 5.69 Å². The Labute approximate surface area is 84.7 Å². The summed E-state index contributed by atoms with van der Waals surface area (Å²) in [5.41, 5.74) is 7.78. The standard InChI is InChI=1S/C12H17NO/c13-12-6-5-11(14)8-10(12)7-9-3-1-2-4-9/h5-6,8-9,14H,1-4,7,13H2. The summed E-state index contributed by atoms with van der Waals surface area (Å²) in [5.74, 6) is 1.10. The fourth-order valence-electron chi connectivity index (χ4n) is 2.29. The van der Waals surface area contributed by atoms with Gasteiger partial charge in [-0.15, -0.1) is 0 Å². The van der Waals surface area contributed by atoms with Gasteiger partial charge in [-0.2, -0.15) is 0 Å². The summed E-state index contributed by atoms with van der Waals surface area (Å²) in [7, 11) is 0. The third kappa shape index (κ3) is 2.00. The molecular weight excluding hydrogens is 174 g/mol. The van der Waals surface area contributed by atoms with Crippen molar-refractivity contribution in [3.8, 4) is 5.75 Å². The summed E-state index contributed by atoms with van der Waals surface area (Å²) >= 11 is 0. The number of aromatic hydroxyl groups is 1. The maximum absolute atomic E-state index is 9.36. The molecule has 1 fully saturated rings. The first-order valence-electron chi connectivity index (χ1n) is 5.33. The first-order valence-corrected chi connectivity index (χ1v) is 5.33. The number of phenolic OH excluding ortho intramolecular Hbond substituents is 1. The van der Waals surface area contributed by atoms with Gasteiger partial charge in [-0.3, -0.25) is 0 Å². The number of benzene rings is 1. The summed E-state index contributed by atoms with van der Waals surface area (Å²) in [5, 5.41) is 9.36. The van der Waals surface area contributed by atoms with Gasteiger partial charge in [-0.25, -0.2) is 0 Å². The lowest BCUT2D eigenvalue weighted by atomic mass is 9.97. The molecule has 0 bridgehead atoms. The average Bonchev–Trinajstić information content (AvgIpc) is 2.64. The van der Waals surface area contributed by atoms with Gasteiger partial charge >= 0.3 is 0 Å². The van der Waals surface area contributed by atoms with Crippen LogP contribution in [0.3, 0.4) is 0 Å². The summed E-state index contributed by atoms with van der Waals surface area (Å²) in [6, 6.07) is 5.24. The molecule has 0 aromatic heterocycles. The monoisotopic (exact) mass is 191 g/mol. The second-order valence-corrected chi connectivity index (χ2v) is 4.24. The van der Waals surface area contributed by atoms with Crippen LogP contribution >= 0.6 is 0 Å². The van der Waals surface area contributed by atoms with Crippen LogP contribution in [0, 0.1) is 5.92 Å². The van der Waals surface area contributed by atoms with Crippen LogP contribution < -0.4 is 5.73 Å². The molecule has 0 heterocycles. The van der Waals surface area contributed by atoms with Crippen molar-refractivity contribution in [1.82, 2.24) is 0 Å². The zero-order valence-corrected chi connectivity index (χ0v) is 8.37. The Hall–Kier alpha value is -1.18. The Morgan fingerprint density at radius 2 is 2.00 bits per heavy atom. The molecule has 2 rings (SSSR count). The SMILES string of the molecule is Nc1ccc(O)cc1CC1CCCC1. The van der Waals surface area contributed by atoms with Gasteiger partial charge in [0.15, 0.2) is 0 Å². The number of anilines is 1. The van der Waals surface area contributed by atoms with Crippen molar-refractivity contribution in [3.05, 3.63) is 23.8 Å². The minimum absolute atomic E-state index is 0.326. The highest BCUT2D eigenvalue weighted by atomic mass is 16.3. The largest absolute Gasteiger partial charge is 0.508 e. The molecule has 0 amide bonds. The molecule has 76 valence electrons. The number of phenols is 1. The molecule has 1 aliphatic carbocycles. The van der Waals surface area contributed by atoms with Gasteiger partial charge < -0.3 is 10.8 Å². The van der Waals surface area contributed by atoms with Crippen LogP contribution in [-0.2, 0) is 6.42 Å². The van der Waals surface area contributed by atoms with Gasteiger partial charge in [0.25, 0.3) is 0 Å². The summed E-state index contributed by atoms with van der Waals surface area (Å²) in [6.45, 7) is 0. The molecule has 2 nitrogen and oxygen atoms in total. The van der Waals surface area contributed by atoms with Crippen molar-refractivity contribution in [2.75, 3.05) is 5.73 Å². The van der Waals surface area contributed by atoms with Crippen molar-refractivity contribution in [3.63, 3.8) is 0 Å². The van der Waals surface area contributed by atoms with Gasteiger partial charge in [0.1, 0.15) is 5.75 Å². The van der Waals surface area contributed by atoms with E-state index in [9.17, 15) is 5.11 Å². The zero-order chi connectivity index (χ0) is 9.97. The van der Waals surface area contributed by atoms with E-state index in [4.69, 9.17) is 5.73 Å². The number of rotatable bonds is 2. The number of hydrogen-bond donors (Lipinski definition) is 2. The molecule has 0 unspecified atom stereocenters. The Morgan fingerprint density at radius 3 is 2.71 bits per heavy atom. The van der Waals surface area contributed by atoms with Crippen LogP contribution in [0.25, 0.3) is 0 Å². The van der Waals surface area contributed by atoms with Crippen molar-refractivity contribution in [1.29, 1.82) is 0 Å². The predicted molar refractivity (Wildman–Crippen MR) is 58.2 cm³/mol. The molecule has 1 aromatic carbocycles. The molecule has 14 heavy (non-hydrogen) atoms. The van der Waals surface area contributed by atoms with E-state index < -0.39 is 0 Å². The van der Waals surface area contributed by atoms with E-state index >= 15 is 0 Å². The second kappa shape index (κ2) is 3.91. The van der Waals surface area contributed by atoms with E-state index in [0.717, 1.165) is 23.6 Å². The Morgan fingerprint density at radius 1 is 1.29 bits per heavy atom. The molecule has 0 atom stereocenters. The van der Waals surface area contributed by atoms with Crippen LogP contribution in [0.5, 0.6) is 5.75 Å². The first-order chi connectivity index (χ1) is 6.75. The molecule has 0 saturated heterocycles. The van der Waals surface area contributed by atoms with Crippen LogP contribution in [0.15, 0.2) is 18.2 Å². The van der Waals surface area contributed by atoms with E-state index in [1.54, 1.807) is 18.2 Å². The number of hydrogen-bond acceptors (Lipinski definition) is 2. The molecule has 1 aromatic rings. The zero-order valence-electron chi connectivity index (χ0n) is 8.37. The third-order valence-corrected chi connectivity index (χ3v) is 3.11. The van der Waals surface area contributed by atoms with E-state index in [-0.39, 0.29) is 0 Å². The molecule has 1 aliphatic rings. The number of nitrogen functional groups attached to an aromatic ring is 1. The highest BCUT2D eigenvalue weighted by Crippen LogP contribution is 2.30. The lowest BCUT2D eigenvalue weighted by molar-refractivity contribution is 0.473. The molecule has 1 saturated carbocycles. The Balaban J connectivity index is 2.10. The first kappa shape index (κ1) is 9.38.